The summed E-state index contributed by atoms with van der Waals surface area (Å²) in [4.78, 5) is 11.2. The van der Waals surface area contributed by atoms with Crippen LogP contribution in [0.5, 0.6) is 0 Å². The monoisotopic (exact) mass is 671 g/mol. The number of hydrogen-bond donors (Lipinski definition) is 0. The Morgan fingerprint density at radius 1 is 0.712 bits per heavy atom. The fourth-order valence-electron chi connectivity index (χ4n) is 10.3. The van der Waals surface area contributed by atoms with Gasteiger partial charge in [-0.25, -0.2) is 4.99 Å². The maximum atomic E-state index is 5.98. The summed E-state index contributed by atoms with van der Waals surface area (Å²) in [5, 5.41) is 7.66. The third-order valence-corrected chi connectivity index (χ3v) is 12.9. The molecule has 3 nitrogen and oxygen atoms in total. The maximum absolute atomic E-state index is 5.98. The van der Waals surface area contributed by atoms with Crippen molar-refractivity contribution in [2.24, 2.45) is 10.4 Å². The molecule has 11 rings (SSSR count). The minimum Gasteiger partial charge on any atom is -0.358 e. The minimum absolute atomic E-state index is 0.0221. The minimum atomic E-state index is -0.238. The molecule has 0 amide bonds. The first kappa shape index (κ1) is 30.0. The number of nitrogens with zero attached hydrogens (tertiary/aromatic N) is 3. The van der Waals surface area contributed by atoms with Gasteiger partial charge in [0.2, 0.25) is 0 Å². The van der Waals surface area contributed by atoms with E-state index in [9.17, 15) is 0 Å². The summed E-state index contributed by atoms with van der Waals surface area (Å²) in [5.41, 5.74) is 11.7. The molecule has 52 heavy (non-hydrogen) atoms. The van der Waals surface area contributed by atoms with E-state index in [0.29, 0.717) is 0 Å². The lowest BCUT2D eigenvalue weighted by molar-refractivity contribution is 0.416. The number of anilines is 1. The largest absolute Gasteiger partial charge is 0.358 e. The van der Waals surface area contributed by atoms with Crippen molar-refractivity contribution < 1.29 is 0 Å². The van der Waals surface area contributed by atoms with Crippen LogP contribution in [0.3, 0.4) is 0 Å². The summed E-state index contributed by atoms with van der Waals surface area (Å²) < 4.78 is 0. The van der Waals surface area contributed by atoms with Gasteiger partial charge in [-0.15, -0.1) is 0 Å². The second-order valence-electron chi connectivity index (χ2n) is 16.2. The number of likely N-dealkylation sites (N-methyl/N-ethyl adjacent to an activating group) is 1. The summed E-state index contributed by atoms with van der Waals surface area (Å²) in [6.07, 6.45) is 11.6. The SMILES string of the molecule is CN1C2=C(N=C(N3c4c(ccc5ccccc45)C4=CC5(C)CC=CC=C5CC43)C1c1ccc3ccc4ccccc4c3c1)C(C)(C)c1ccccc12. The number of benzene rings is 6. The van der Waals surface area contributed by atoms with Crippen molar-refractivity contribution in [2.45, 2.75) is 51.1 Å². The maximum Gasteiger partial charge on any atom is 0.137 e. The Morgan fingerprint density at radius 2 is 1.40 bits per heavy atom. The van der Waals surface area contributed by atoms with E-state index in [2.05, 4.69) is 177 Å². The van der Waals surface area contributed by atoms with Gasteiger partial charge in [0.05, 0.1) is 23.1 Å². The van der Waals surface area contributed by atoms with Gasteiger partial charge < -0.3 is 9.80 Å². The highest BCUT2D eigenvalue weighted by Gasteiger charge is 2.50. The van der Waals surface area contributed by atoms with Gasteiger partial charge in [0, 0.05) is 34.4 Å². The first-order chi connectivity index (χ1) is 25.3. The van der Waals surface area contributed by atoms with Crippen molar-refractivity contribution in [3.63, 3.8) is 0 Å². The third-order valence-electron chi connectivity index (χ3n) is 12.9. The summed E-state index contributed by atoms with van der Waals surface area (Å²) in [7, 11) is 2.31. The van der Waals surface area contributed by atoms with Crippen molar-refractivity contribution in [3.05, 3.63) is 173 Å². The number of allylic oxidation sites excluding steroid dienone is 5. The second kappa shape index (κ2) is 10.4. The highest BCUT2D eigenvalue weighted by atomic mass is 15.3. The molecule has 252 valence electrons. The molecule has 5 aliphatic rings. The molecule has 6 aromatic carbocycles. The van der Waals surface area contributed by atoms with E-state index in [1.807, 2.05) is 0 Å². The van der Waals surface area contributed by atoms with Crippen LogP contribution in [0.25, 0.3) is 43.6 Å². The molecule has 3 atom stereocenters. The summed E-state index contributed by atoms with van der Waals surface area (Å²) in [6, 6.07) is 43.1. The molecule has 6 aromatic rings. The molecule has 2 aliphatic heterocycles. The van der Waals surface area contributed by atoms with Crippen LogP contribution in [0, 0.1) is 5.41 Å². The first-order valence-electron chi connectivity index (χ1n) is 18.8. The molecule has 0 N–H and O–H groups in total. The van der Waals surface area contributed by atoms with Crippen molar-refractivity contribution in [1.29, 1.82) is 0 Å². The van der Waals surface area contributed by atoms with Crippen molar-refractivity contribution >= 4 is 55.1 Å². The number of fused-ring (bicyclic) bond motifs is 11. The third kappa shape index (κ3) is 3.94. The molecule has 0 saturated carbocycles. The van der Waals surface area contributed by atoms with Crippen LogP contribution in [0.2, 0.25) is 0 Å². The van der Waals surface area contributed by atoms with E-state index < -0.39 is 0 Å². The van der Waals surface area contributed by atoms with Crippen molar-refractivity contribution in [3.8, 4) is 0 Å². The molecule has 0 radical (unpaired) electrons. The van der Waals surface area contributed by atoms with Gasteiger partial charge in [0.15, 0.2) is 0 Å². The summed E-state index contributed by atoms with van der Waals surface area (Å²) in [5.74, 6) is 1.11. The molecule has 3 unspecified atom stereocenters. The number of aliphatic imine (C=N–C) groups is 1. The van der Waals surface area contributed by atoms with Gasteiger partial charge >= 0.3 is 0 Å². The molecule has 3 heteroatoms. The van der Waals surface area contributed by atoms with Gasteiger partial charge in [0.1, 0.15) is 11.9 Å². The highest BCUT2D eigenvalue weighted by Crippen LogP contribution is 2.58. The van der Waals surface area contributed by atoms with E-state index in [0.717, 1.165) is 24.4 Å². The Balaban J connectivity index is 1.21. The van der Waals surface area contributed by atoms with Crippen LogP contribution in [0.15, 0.2) is 156 Å². The first-order valence-corrected chi connectivity index (χ1v) is 18.8. The van der Waals surface area contributed by atoms with E-state index in [1.54, 1.807) is 0 Å². The molecule has 3 aliphatic carbocycles. The van der Waals surface area contributed by atoms with Crippen LogP contribution in [0.4, 0.5) is 5.69 Å². The Labute approximate surface area is 305 Å². The van der Waals surface area contributed by atoms with Crippen molar-refractivity contribution in [2.75, 3.05) is 11.9 Å². The van der Waals surface area contributed by atoms with Crippen LogP contribution in [-0.2, 0) is 5.41 Å². The lowest BCUT2D eigenvalue weighted by Crippen LogP contribution is -2.48. The van der Waals surface area contributed by atoms with Gasteiger partial charge in [-0.2, -0.15) is 0 Å². The molecule has 0 spiro atoms. The zero-order chi connectivity index (χ0) is 34.9. The fourth-order valence-corrected chi connectivity index (χ4v) is 10.3. The highest BCUT2D eigenvalue weighted by molar-refractivity contribution is 6.18. The Bertz CT molecular complexity index is 2720. The van der Waals surface area contributed by atoms with Crippen LogP contribution in [0.1, 0.15) is 61.9 Å². The van der Waals surface area contributed by atoms with Crippen LogP contribution >= 0.6 is 0 Å². The zero-order valence-corrected chi connectivity index (χ0v) is 30.2. The predicted molar refractivity (Wildman–Crippen MR) is 219 cm³/mol. The lowest BCUT2D eigenvalue weighted by Gasteiger charge is -2.45. The average molecular weight is 672 g/mol. The Kier molecular flexibility index (Phi) is 6.03. The quantitative estimate of drug-likeness (QED) is 0.162. The van der Waals surface area contributed by atoms with E-state index in [4.69, 9.17) is 4.99 Å². The van der Waals surface area contributed by atoms with E-state index >= 15 is 0 Å². The topological polar surface area (TPSA) is 18.8 Å². The molecule has 2 heterocycles. The molecule has 0 fully saturated rings. The Morgan fingerprint density at radius 3 is 2.25 bits per heavy atom. The van der Waals surface area contributed by atoms with Crippen molar-refractivity contribution in [1.82, 2.24) is 4.90 Å². The van der Waals surface area contributed by atoms with E-state index in [1.165, 1.54) is 77.1 Å². The number of rotatable bonds is 1. The molecular weight excluding hydrogens is 631 g/mol. The van der Waals surface area contributed by atoms with Gasteiger partial charge in [0.25, 0.3) is 0 Å². The van der Waals surface area contributed by atoms with E-state index in [-0.39, 0.29) is 22.9 Å². The normalized spacial score (nSPS) is 24.0. The average Bonchev–Trinajstić information content (AvgIpc) is 3.60. The van der Waals surface area contributed by atoms with Crippen LogP contribution in [-0.4, -0.2) is 23.8 Å². The smallest absolute Gasteiger partial charge is 0.137 e. The fraction of sp³-hybridized carbons (Fsp3) is 0.204. The summed E-state index contributed by atoms with van der Waals surface area (Å²) >= 11 is 0. The van der Waals surface area contributed by atoms with Gasteiger partial charge in [-0.1, -0.05) is 160 Å². The zero-order valence-electron chi connectivity index (χ0n) is 30.2. The molecule has 0 aromatic heterocycles. The van der Waals surface area contributed by atoms with Gasteiger partial charge in [-0.05, 0) is 62.5 Å². The van der Waals surface area contributed by atoms with Gasteiger partial charge in [-0.3, -0.25) is 0 Å². The predicted octanol–water partition coefficient (Wildman–Crippen LogP) is 11.8. The molecule has 0 saturated heterocycles. The molecular formula is C49H41N3. The number of amidine groups is 1. The molecule has 0 bridgehead atoms. The van der Waals surface area contributed by atoms with Crippen LogP contribution < -0.4 is 4.90 Å². The Hall–Kier alpha value is -5.67. The standard InChI is InChI=1S/C49H41N3/c1-48(2)41-19-10-9-18-38(41)45-46(48)50-47(43(51(45)4)33-23-22-32-21-20-30-13-5-7-16-35(30)39(32)27-33)52-42-28-34-15-11-12-26-49(34,3)29-40(42)37-25-24-31-14-6-8-17-36(31)44(37)52/h5-25,27,29,42-43H,26,28H2,1-4H3. The summed E-state index contributed by atoms with van der Waals surface area (Å²) in [6.45, 7) is 7.14. The lowest BCUT2D eigenvalue weighted by atomic mass is 9.68. The number of hydrogen-bond acceptors (Lipinski definition) is 3. The second-order valence-corrected chi connectivity index (χ2v) is 16.2.